The molecule has 59 heavy (non-hydrogen) atoms. The molecule has 16 heteroatoms. The highest BCUT2D eigenvalue weighted by Crippen LogP contribution is 2.38. The minimum absolute atomic E-state index is 0.0821. The Hall–Kier alpha value is -4.76. The second-order valence-corrected chi connectivity index (χ2v) is 17.0. The van der Waals surface area contributed by atoms with Crippen molar-refractivity contribution in [3.8, 4) is 16.9 Å². The number of nitrogens with one attached hydrogen (secondary N) is 2. The number of rotatable bonds is 15. The maximum Gasteiger partial charge on any atom is 0.255 e. The molecule has 0 saturated carbocycles. The van der Waals surface area contributed by atoms with E-state index in [1.165, 1.54) is 31.4 Å². The van der Waals surface area contributed by atoms with Gasteiger partial charge in [0.2, 0.25) is 11.8 Å². The first-order valence-corrected chi connectivity index (χ1v) is 21.3. The van der Waals surface area contributed by atoms with Crippen molar-refractivity contribution in [2.24, 2.45) is 5.92 Å². The van der Waals surface area contributed by atoms with Crippen LogP contribution in [0.1, 0.15) is 85.5 Å². The summed E-state index contributed by atoms with van der Waals surface area (Å²) in [6, 6.07) is 9.92. The molecule has 13 nitrogen and oxygen atoms in total. The predicted molar refractivity (Wildman–Crippen MR) is 225 cm³/mol. The Kier molecular flexibility index (Phi) is 12.4. The zero-order chi connectivity index (χ0) is 41.2. The molecule has 4 aromatic rings. The van der Waals surface area contributed by atoms with E-state index in [9.17, 15) is 18.8 Å². The zero-order valence-electron chi connectivity index (χ0n) is 33.1. The van der Waals surface area contributed by atoms with Crippen LogP contribution in [0, 0.1) is 11.7 Å². The molecule has 0 radical (unpaired) electrons. The zero-order valence-corrected chi connectivity index (χ0v) is 34.7. The number of piperidine rings is 2. The van der Waals surface area contributed by atoms with E-state index in [4.69, 9.17) is 38.8 Å². The number of imide groups is 1. The van der Waals surface area contributed by atoms with E-state index in [-0.39, 0.29) is 35.0 Å². The number of hydrogen-bond donors (Lipinski definition) is 3. The van der Waals surface area contributed by atoms with E-state index in [1.807, 2.05) is 36.7 Å². The molecule has 2 atom stereocenters. The van der Waals surface area contributed by atoms with Crippen LogP contribution < -0.4 is 21.1 Å². The molecule has 1 unspecified atom stereocenters. The van der Waals surface area contributed by atoms with Gasteiger partial charge in [-0.3, -0.25) is 24.4 Å². The standard InChI is InChI=1S/C43H50Cl2FN9O4/c1-26(39-33(44)8-9-34(46)40(39)45)59-37-18-28(20-49-41(37)47)29-21-50-55(24-29)30-12-16-52(17-13-30)14-3-2-4-15-53-22-27(23-53)19-48-35-7-5-6-31-32(35)25-54(43(31)58)36-10-11-38(56)51-42(36)57/h5-9,18,20-21,24,26-27,30,36,48H,2-4,10-17,19,22-23,25H2,1H3,(H2,47,49)(H,51,56,57)/t26-,36?/m1/s1. The summed E-state index contributed by atoms with van der Waals surface area (Å²) >= 11 is 12.5. The number of carbonyl (C=O) groups is 3. The van der Waals surface area contributed by atoms with Crippen molar-refractivity contribution in [3.05, 3.63) is 87.5 Å². The summed E-state index contributed by atoms with van der Waals surface area (Å²) < 4.78 is 22.3. The minimum atomic E-state index is -0.663. The molecule has 3 fully saturated rings. The fourth-order valence-corrected chi connectivity index (χ4v) is 9.49. The molecule has 0 spiro atoms. The molecule has 312 valence electrons. The van der Waals surface area contributed by atoms with Gasteiger partial charge in [0.15, 0.2) is 11.6 Å². The maximum atomic E-state index is 14.1. The highest BCUT2D eigenvalue weighted by Gasteiger charge is 2.40. The molecule has 2 aromatic heterocycles. The molecule has 4 aliphatic rings. The van der Waals surface area contributed by atoms with E-state index in [0.29, 0.717) is 46.8 Å². The van der Waals surface area contributed by atoms with Crippen molar-refractivity contribution < 1.29 is 23.5 Å². The number of carbonyl (C=O) groups excluding carboxylic acids is 3. The van der Waals surface area contributed by atoms with E-state index in [1.54, 1.807) is 18.0 Å². The van der Waals surface area contributed by atoms with Crippen LogP contribution in [0.3, 0.4) is 0 Å². The topological polar surface area (TPSA) is 151 Å². The lowest BCUT2D eigenvalue weighted by Gasteiger charge is -2.39. The second kappa shape index (κ2) is 17.8. The van der Waals surface area contributed by atoms with E-state index in [2.05, 4.69) is 30.1 Å². The number of nitrogens with zero attached hydrogens (tertiary/aromatic N) is 6. The van der Waals surface area contributed by atoms with Crippen LogP contribution in [0.2, 0.25) is 10.0 Å². The van der Waals surface area contributed by atoms with Gasteiger partial charge in [-0.25, -0.2) is 9.37 Å². The predicted octanol–water partition coefficient (Wildman–Crippen LogP) is 6.73. The number of anilines is 2. The van der Waals surface area contributed by atoms with Gasteiger partial charge in [-0.1, -0.05) is 35.7 Å². The number of nitrogens with two attached hydrogens (primary N) is 1. The summed E-state index contributed by atoms with van der Waals surface area (Å²) in [5.74, 6) is -0.274. The molecule has 8 rings (SSSR count). The summed E-state index contributed by atoms with van der Waals surface area (Å²) in [5, 5.41) is 10.9. The lowest BCUT2D eigenvalue weighted by Crippen LogP contribution is -2.52. The van der Waals surface area contributed by atoms with Gasteiger partial charge >= 0.3 is 0 Å². The minimum Gasteiger partial charge on any atom is -0.482 e. The Morgan fingerprint density at radius 2 is 1.78 bits per heavy atom. The molecule has 0 aliphatic carbocycles. The summed E-state index contributed by atoms with van der Waals surface area (Å²) in [4.78, 5) is 48.3. The quantitative estimate of drug-likeness (QED) is 0.0668. The fourth-order valence-electron chi connectivity index (χ4n) is 8.81. The van der Waals surface area contributed by atoms with Crippen LogP contribution in [0.4, 0.5) is 15.9 Å². The monoisotopic (exact) mass is 845 g/mol. The van der Waals surface area contributed by atoms with Gasteiger partial charge in [-0.2, -0.15) is 5.10 Å². The fraction of sp³-hybridized carbons (Fsp3) is 0.465. The maximum absolute atomic E-state index is 14.1. The number of likely N-dealkylation sites (tertiary alicyclic amines) is 2. The van der Waals surface area contributed by atoms with Gasteiger partial charge in [-0.05, 0) is 82.4 Å². The molecule has 6 heterocycles. The van der Waals surface area contributed by atoms with Gasteiger partial charge in [0, 0.05) is 103 Å². The number of amides is 3. The number of unbranched alkanes of at least 4 members (excludes halogenated alkanes) is 2. The van der Waals surface area contributed by atoms with E-state index in [0.717, 1.165) is 81.0 Å². The van der Waals surface area contributed by atoms with Crippen molar-refractivity contribution in [1.82, 2.24) is 34.8 Å². The second-order valence-electron chi connectivity index (χ2n) is 16.2. The SMILES string of the molecule is C[C@@H](Oc1cc(-c2cnn(C3CCN(CCCCCN4CC(CNc5cccc6c5CN(C5CCC(=O)NC5=O)C6=O)C4)CC3)c2)cnc1N)c1c(Cl)ccc(F)c1Cl. The Bertz CT molecular complexity index is 2210. The number of ether oxygens (including phenoxy) is 1. The molecule has 4 aliphatic heterocycles. The average molecular weight is 847 g/mol. The third-order valence-electron chi connectivity index (χ3n) is 12.2. The number of hydrogen-bond acceptors (Lipinski definition) is 10. The van der Waals surface area contributed by atoms with Crippen LogP contribution in [-0.2, 0) is 16.1 Å². The largest absolute Gasteiger partial charge is 0.482 e. The highest BCUT2D eigenvalue weighted by molar-refractivity contribution is 6.36. The number of benzene rings is 2. The third kappa shape index (κ3) is 9.06. The summed E-state index contributed by atoms with van der Waals surface area (Å²) in [5.41, 5.74) is 10.7. The molecule has 2 aromatic carbocycles. The average Bonchev–Trinajstić information content (AvgIpc) is 3.83. The first-order valence-electron chi connectivity index (χ1n) is 20.6. The smallest absolute Gasteiger partial charge is 0.255 e. The van der Waals surface area contributed by atoms with Crippen LogP contribution in [0.15, 0.2) is 55.0 Å². The van der Waals surface area contributed by atoms with E-state index >= 15 is 0 Å². The first kappa shape index (κ1) is 41.0. The number of fused-ring (bicyclic) bond motifs is 1. The molecule has 3 amide bonds. The normalized spacial score (nSPS) is 19.8. The summed E-state index contributed by atoms with van der Waals surface area (Å²) in [6.45, 7) is 9.39. The molecular weight excluding hydrogens is 796 g/mol. The van der Waals surface area contributed by atoms with Crippen LogP contribution in [0.5, 0.6) is 5.75 Å². The summed E-state index contributed by atoms with van der Waals surface area (Å²) in [7, 11) is 0. The molecule has 4 N–H and O–H groups in total. The molecule has 3 saturated heterocycles. The van der Waals surface area contributed by atoms with Crippen molar-refractivity contribution in [1.29, 1.82) is 0 Å². The Morgan fingerprint density at radius 3 is 2.56 bits per heavy atom. The Labute approximate surface area is 353 Å². The summed E-state index contributed by atoms with van der Waals surface area (Å²) in [6.07, 6.45) is 11.2. The van der Waals surface area contributed by atoms with Gasteiger partial charge in [-0.15, -0.1) is 0 Å². The lowest BCUT2D eigenvalue weighted by molar-refractivity contribution is -0.136. The lowest BCUT2D eigenvalue weighted by atomic mass is 9.99. The van der Waals surface area contributed by atoms with Gasteiger partial charge < -0.3 is 30.5 Å². The van der Waals surface area contributed by atoms with Crippen LogP contribution in [-0.4, -0.2) is 99.0 Å². The van der Waals surface area contributed by atoms with Crippen molar-refractivity contribution >= 4 is 52.4 Å². The Morgan fingerprint density at radius 1 is 1.00 bits per heavy atom. The number of nitrogen functional groups attached to an aromatic ring is 1. The Balaban J connectivity index is 0.719. The van der Waals surface area contributed by atoms with Crippen LogP contribution >= 0.6 is 23.2 Å². The number of pyridine rings is 1. The van der Waals surface area contributed by atoms with Gasteiger partial charge in [0.1, 0.15) is 18.0 Å². The van der Waals surface area contributed by atoms with Crippen LogP contribution in [0.25, 0.3) is 11.1 Å². The molecular formula is C43H50Cl2FN9O4. The number of halogens is 3. The molecule has 0 bridgehead atoms. The van der Waals surface area contributed by atoms with Crippen molar-refractivity contribution in [2.75, 3.05) is 56.9 Å². The first-order chi connectivity index (χ1) is 28.5. The van der Waals surface area contributed by atoms with Crippen molar-refractivity contribution in [2.45, 2.75) is 76.6 Å². The van der Waals surface area contributed by atoms with Gasteiger partial charge in [0.25, 0.3) is 5.91 Å². The highest BCUT2D eigenvalue weighted by atomic mass is 35.5. The van der Waals surface area contributed by atoms with Gasteiger partial charge in [0.05, 0.1) is 17.3 Å². The number of aromatic nitrogens is 3. The van der Waals surface area contributed by atoms with Crippen molar-refractivity contribution in [3.63, 3.8) is 0 Å². The third-order valence-corrected chi connectivity index (χ3v) is 12.9. The van der Waals surface area contributed by atoms with E-state index < -0.39 is 18.0 Å².